The number of nitrogens with one attached hydrogen (secondary N) is 1. The number of amides is 2. The number of hydrogen-bond donors (Lipinski definition) is 1. The molecule has 0 radical (unpaired) electrons. The molecule has 4 rings (SSSR count). The fraction of sp³-hybridized carbons (Fsp3) is 0.250. The maximum absolute atomic E-state index is 13.9. The third-order valence-corrected chi connectivity index (χ3v) is 4.96. The van der Waals surface area contributed by atoms with Crippen LogP contribution in [0.2, 0.25) is 5.02 Å². The van der Waals surface area contributed by atoms with Crippen LogP contribution in [0, 0.1) is 5.82 Å². The van der Waals surface area contributed by atoms with Crippen LogP contribution in [0.1, 0.15) is 31.2 Å². The number of aromatic nitrogens is 2. The normalized spacial score (nSPS) is 16.8. The fourth-order valence-electron chi connectivity index (χ4n) is 3.27. The van der Waals surface area contributed by atoms with Gasteiger partial charge in [0, 0.05) is 17.1 Å². The monoisotopic (exact) mass is 400 g/mol. The molecule has 0 bridgehead atoms. The van der Waals surface area contributed by atoms with Crippen molar-refractivity contribution >= 4 is 23.3 Å². The number of likely N-dealkylation sites (tertiary alicyclic amines) is 1. The molecule has 0 aliphatic carbocycles. The largest absolute Gasteiger partial charge is 0.337 e. The van der Waals surface area contributed by atoms with Gasteiger partial charge in [0.25, 0.3) is 0 Å². The molecule has 0 spiro atoms. The van der Waals surface area contributed by atoms with E-state index in [1.54, 1.807) is 41.3 Å². The highest BCUT2D eigenvalue weighted by molar-refractivity contribution is 6.30. The zero-order chi connectivity index (χ0) is 19.5. The van der Waals surface area contributed by atoms with E-state index < -0.39 is 5.82 Å². The molecule has 2 amide bonds. The molecule has 1 saturated heterocycles. The van der Waals surface area contributed by atoms with Crippen LogP contribution in [-0.2, 0) is 0 Å². The van der Waals surface area contributed by atoms with E-state index in [1.165, 1.54) is 12.1 Å². The zero-order valence-electron chi connectivity index (χ0n) is 14.9. The smallest absolute Gasteiger partial charge is 0.322 e. The number of carbonyl (C=O) groups is 1. The van der Waals surface area contributed by atoms with Gasteiger partial charge >= 0.3 is 6.03 Å². The molecule has 28 heavy (non-hydrogen) atoms. The number of anilines is 1. The van der Waals surface area contributed by atoms with E-state index >= 15 is 0 Å². The van der Waals surface area contributed by atoms with Crippen molar-refractivity contribution in [2.24, 2.45) is 0 Å². The molecule has 0 unspecified atom stereocenters. The van der Waals surface area contributed by atoms with Crippen molar-refractivity contribution in [2.75, 3.05) is 11.9 Å². The lowest BCUT2D eigenvalue weighted by atomic mass is 10.0. The van der Waals surface area contributed by atoms with Gasteiger partial charge in [0.05, 0.1) is 5.69 Å². The summed E-state index contributed by atoms with van der Waals surface area (Å²) in [5.41, 5.74) is 0.918. The van der Waals surface area contributed by atoms with E-state index in [0.717, 1.165) is 18.4 Å². The highest BCUT2D eigenvalue weighted by atomic mass is 35.5. The summed E-state index contributed by atoms with van der Waals surface area (Å²) in [6, 6.07) is 12.4. The molecule has 2 heterocycles. The minimum absolute atomic E-state index is 0.143. The maximum atomic E-state index is 13.9. The Hall–Kier alpha value is -2.93. The second-order valence-electron chi connectivity index (χ2n) is 6.58. The average molecular weight is 401 g/mol. The van der Waals surface area contributed by atoms with Crippen molar-refractivity contribution in [3.63, 3.8) is 0 Å². The first kappa shape index (κ1) is 18.4. The van der Waals surface area contributed by atoms with Gasteiger partial charge in [-0.05, 0) is 55.7 Å². The van der Waals surface area contributed by atoms with Crippen LogP contribution in [0.15, 0.2) is 53.1 Å². The summed E-state index contributed by atoms with van der Waals surface area (Å²) in [7, 11) is 0. The minimum Gasteiger partial charge on any atom is -0.337 e. The third-order valence-electron chi connectivity index (χ3n) is 4.71. The molecule has 1 fully saturated rings. The number of halogens is 2. The van der Waals surface area contributed by atoms with Crippen LogP contribution < -0.4 is 5.32 Å². The molecule has 1 aliphatic rings. The van der Waals surface area contributed by atoms with Crippen molar-refractivity contribution in [2.45, 2.75) is 25.3 Å². The van der Waals surface area contributed by atoms with E-state index in [4.69, 9.17) is 16.1 Å². The van der Waals surface area contributed by atoms with Crippen LogP contribution >= 0.6 is 11.6 Å². The Morgan fingerprint density at radius 3 is 2.75 bits per heavy atom. The summed E-state index contributed by atoms with van der Waals surface area (Å²) in [4.78, 5) is 18.9. The average Bonchev–Trinajstić information content (AvgIpc) is 3.20. The van der Waals surface area contributed by atoms with Crippen molar-refractivity contribution in [1.29, 1.82) is 0 Å². The van der Waals surface area contributed by atoms with E-state index in [-0.39, 0.29) is 17.8 Å². The predicted molar refractivity (Wildman–Crippen MR) is 103 cm³/mol. The molecule has 8 heteroatoms. The predicted octanol–water partition coefficient (Wildman–Crippen LogP) is 5.29. The number of para-hydroxylation sites is 1. The van der Waals surface area contributed by atoms with Crippen LogP contribution in [0.25, 0.3) is 11.4 Å². The zero-order valence-corrected chi connectivity index (χ0v) is 15.7. The van der Waals surface area contributed by atoms with Gasteiger partial charge in [0.15, 0.2) is 0 Å². The van der Waals surface area contributed by atoms with Gasteiger partial charge in [0.1, 0.15) is 11.9 Å². The van der Waals surface area contributed by atoms with Crippen molar-refractivity contribution in [3.8, 4) is 11.4 Å². The summed E-state index contributed by atoms with van der Waals surface area (Å²) >= 11 is 5.92. The summed E-state index contributed by atoms with van der Waals surface area (Å²) in [5, 5.41) is 7.29. The Labute approximate surface area is 166 Å². The van der Waals surface area contributed by atoms with Crippen LogP contribution in [0.3, 0.4) is 0 Å². The standard InChI is InChI=1S/C20H18ClFN4O2/c21-14-10-8-13(9-11-14)18-24-19(28-25-18)17-7-3-4-12-26(17)20(27)23-16-6-2-1-5-15(16)22/h1-2,5-6,8-11,17H,3-4,7,12H2,(H,23,27)/t17-/m0/s1. The summed E-state index contributed by atoms with van der Waals surface area (Å²) < 4.78 is 19.3. The molecule has 1 N–H and O–H groups in total. The van der Waals surface area contributed by atoms with Crippen molar-refractivity contribution in [1.82, 2.24) is 15.0 Å². The number of rotatable bonds is 3. The topological polar surface area (TPSA) is 71.3 Å². The Morgan fingerprint density at radius 2 is 1.96 bits per heavy atom. The van der Waals surface area contributed by atoms with Crippen LogP contribution in [-0.4, -0.2) is 27.6 Å². The Bertz CT molecular complexity index is 976. The molecule has 1 aliphatic heterocycles. The molecular formula is C20H18ClFN4O2. The number of benzene rings is 2. The van der Waals surface area contributed by atoms with Gasteiger partial charge in [-0.2, -0.15) is 4.98 Å². The Morgan fingerprint density at radius 1 is 1.18 bits per heavy atom. The second-order valence-corrected chi connectivity index (χ2v) is 7.01. The number of hydrogen-bond acceptors (Lipinski definition) is 4. The maximum Gasteiger partial charge on any atom is 0.322 e. The first-order valence-electron chi connectivity index (χ1n) is 9.03. The van der Waals surface area contributed by atoms with Gasteiger partial charge in [-0.15, -0.1) is 0 Å². The minimum atomic E-state index is -0.479. The second kappa shape index (κ2) is 7.98. The quantitative estimate of drug-likeness (QED) is 0.648. The number of piperidine rings is 1. The van der Waals surface area contributed by atoms with E-state index in [0.29, 0.717) is 29.7 Å². The Kier molecular flexibility index (Phi) is 5.25. The lowest BCUT2D eigenvalue weighted by Gasteiger charge is -2.33. The Balaban J connectivity index is 1.55. The van der Waals surface area contributed by atoms with E-state index in [9.17, 15) is 9.18 Å². The van der Waals surface area contributed by atoms with Gasteiger partial charge < -0.3 is 14.7 Å². The molecule has 0 saturated carbocycles. The van der Waals surface area contributed by atoms with Crippen molar-refractivity contribution in [3.05, 3.63) is 65.3 Å². The van der Waals surface area contributed by atoms with Crippen LogP contribution in [0.5, 0.6) is 0 Å². The fourth-order valence-corrected chi connectivity index (χ4v) is 3.39. The summed E-state index contributed by atoms with van der Waals surface area (Å²) in [6.07, 6.45) is 2.50. The highest BCUT2D eigenvalue weighted by Crippen LogP contribution is 2.32. The van der Waals surface area contributed by atoms with Crippen LogP contribution in [0.4, 0.5) is 14.9 Å². The summed E-state index contributed by atoms with van der Waals surface area (Å²) in [5.74, 6) is 0.326. The lowest BCUT2D eigenvalue weighted by molar-refractivity contribution is 0.142. The molecule has 1 atom stereocenters. The van der Waals surface area contributed by atoms with Gasteiger partial charge in [-0.3, -0.25) is 0 Å². The highest BCUT2D eigenvalue weighted by Gasteiger charge is 2.32. The first-order chi connectivity index (χ1) is 13.6. The molecule has 2 aromatic carbocycles. The molecule has 1 aromatic heterocycles. The number of urea groups is 1. The molecule has 144 valence electrons. The van der Waals surface area contributed by atoms with E-state index in [1.807, 2.05) is 0 Å². The van der Waals surface area contributed by atoms with Gasteiger partial charge in [-0.1, -0.05) is 28.9 Å². The van der Waals surface area contributed by atoms with Gasteiger partial charge in [0.2, 0.25) is 11.7 Å². The first-order valence-corrected chi connectivity index (χ1v) is 9.41. The molecule has 3 aromatic rings. The van der Waals surface area contributed by atoms with Gasteiger partial charge in [-0.25, -0.2) is 9.18 Å². The third kappa shape index (κ3) is 3.84. The number of carbonyl (C=O) groups excluding carboxylic acids is 1. The van der Waals surface area contributed by atoms with E-state index in [2.05, 4.69) is 15.5 Å². The SMILES string of the molecule is O=C(Nc1ccccc1F)N1CCCC[C@H]1c1nc(-c2ccc(Cl)cc2)no1. The number of nitrogens with zero attached hydrogens (tertiary/aromatic N) is 3. The molecular weight excluding hydrogens is 383 g/mol. The van der Waals surface area contributed by atoms with Crippen molar-refractivity contribution < 1.29 is 13.7 Å². The molecule has 6 nitrogen and oxygen atoms in total. The lowest BCUT2D eigenvalue weighted by Crippen LogP contribution is -2.41. The summed E-state index contributed by atoms with van der Waals surface area (Å²) in [6.45, 7) is 0.531.